The summed E-state index contributed by atoms with van der Waals surface area (Å²) in [5.74, 6) is -3.18. The lowest BCUT2D eigenvalue weighted by Crippen LogP contribution is -2.04. The van der Waals surface area contributed by atoms with Crippen LogP contribution in [0.3, 0.4) is 0 Å². The van der Waals surface area contributed by atoms with Gasteiger partial charge in [0, 0.05) is 18.7 Å². The van der Waals surface area contributed by atoms with Crippen molar-refractivity contribution in [3.8, 4) is 6.07 Å². The summed E-state index contributed by atoms with van der Waals surface area (Å²) in [5, 5.41) is 11.5. The molecule has 0 aromatic heterocycles. The summed E-state index contributed by atoms with van der Waals surface area (Å²) in [6, 6.07) is 8.39. The van der Waals surface area contributed by atoms with Crippen LogP contribution in [0.15, 0.2) is 30.3 Å². The molecular weight excluding hydrogens is 265 g/mol. The molecule has 5 heteroatoms. The second kappa shape index (κ2) is 5.66. The first-order valence-corrected chi connectivity index (χ1v) is 5.89. The molecule has 0 spiro atoms. The van der Waals surface area contributed by atoms with Crippen molar-refractivity contribution in [2.45, 2.75) is 13.5 Å². The van der Waals surface area contributed by atoms with Gasteiger partial charge in [0.15, 0.2) is 11.6 Å². The lowest BCUT2D eigenvalue weighted by molar-refractivity contribution is 0.496. The Morgan fingerprint density at radius 2 is 1.75 bits per heavy atom. The van der Waals surface area contributed by atoms with Crippen molar-refractivity contribution in [1.82, 2.24) is 0 Å². The Kier molecular flexibility index (Phi) is 3.94. The van der Waals surface area contributed by atoms with Gasteiger partial charge in [-0.15, -0.1) is 0 Å². The largest absolute Gasteiger partial charge is 0.379 e. The number of hydrogen-bond donors (Lipinski definition) is 1. The van der Waals surface area contributed by atoms with E-state index in [1.807, 2.05) is 13.0 Å². The van der Waals surface area contributed by atoms with Crippen molar-refractivity contribution >= 4 is 5.69 Å². The summed E-state index contributed by atoms with van der Waals surface area (Å²) in [7, 11) is 0. The van der Waals surface area contributed by atoms with E-state index >= 15 is 0 Å². The first kappa shape index (κ1) is 13.9. The number of rotatable bonds is 3. The predicted molar refractivity (Wildman–Crippen MR) is 69.5 cm³/mol. The van der Waals surface area contributed by atoms with Crippen LogP contribution in [0.2, 0.25) is 0 Å². The first-order valence-electron chi connectivity index (χ1n) is 5.89. The van der Waals surface area contributed by atoms with E-state index in [0.29, 0.717) is 11.6 Å². The van der Waals surface area contributed by atoms with E-state index in [1.54, 1.807) is 18.2 Å². The third-order valence-electron chi connectivity index (χ3n) is 2.95. The number of aryl methyl sites for hydroxylation is 1. The number of nitriles is 1. The van der Waals surface area contributed by atoms with Gasteiger partial charge in [0.05, 0.1) is 17.3 Å². The van der Waals surface area contributed by atoms with Crippen molar-refractivity contribution in [1.29, 1.82) is 5.26 Å². The van der Waals surface area contributed by atoms with Crippen LogP contribution in [-0.2, 0) is 6.54 Å². The van der Waals surface area contributed by atoms with Gasteiger partial charge in [-0.1, -0.05) is 6.07 Å². The van der Waals surface area contributed by atoms with Crippen LogP contribution in [-0.4, -0.2) is 0 Å². The molecule has 0 heterocycles. The highest BCUT2D eigenvalue weighted by Crippen LogP contribution is 2.20. The van der Waals surface area contributed by atoms with Gasteiger partial charge in [-0.2, -0.15) is 5.26 Å². The molecule has 2 rings (SSSR count). The van der Waals surface area contributed by atoms with Crippen LogP contribution in [0.1, 0.15) is 16.7 Å². The minimum Gasteiger partial charge on any atom is -0.379 e. The first-order chi connectivity index (χ1) is 9.51. The summed E-state index contributed by atoms with van der Waals surface area (Å²) in [4.78, 5) is 0. The van der Waals surface area contributed by atoms with Gasteiger partial charge >= 0.3 is 0 Å². The maximum Gasteiger partial charge on any atom is 0.161 e. The summed E-state index contributed by atoms with van der Waals surface area (Å²) in [6.07, 6.45) is 0. The van der Waals surface area contributed by atoms with Gasteiger partial charge in [-0.05, 0) is 30.2 Å². The van der Waals surface area contributed by atoms with Crippen LogP contribution in [0, 0.1) is 35.7 Å². The van der Waals surface area contributed by atoms with E-state index in [0.717, 1.165) is 17.2 Å². The smallest absolute Gasteiger partial charge is 0.161 e. The normalized spacial score (nSPS) is 10.2. The molecule has 0 aliphatic heterocycles. The Morgan fingerprint density at radius 3 is 2.40 bits per heavy atom. The summed E-state index contributed by atoms with van der Waals surface area (Å²) < 4.78 is 39.3. The van der Waals surface area contributed by atoms with Crippen LogP contribution >= 0.6 is 0 Å². The zero-order chi connectivity index (χ0) is 14.7. The minimum atomic E-state index is -1.22. The third kappa shape index (κ3) is 2.91. The monoisotopic (exact) mass is 276 g/mol. The molecule has 0 fully saturated rings. The molecular formula is C15H11F3N2. The average molecular weight is 276 g/mol. The van der Waals surface area contributed by atoms with E-state index in [2.05, 4.69) is 5.32 Å². The molecule has 0 aliphatic rings. The fourth-order valence-corrected chi connectivity index (χ4v) is 1.81. The van der Waals surface area contributed by atoms with Gasteiger partial charge in [-0.25, -0.2) is 13.2 Å². The second-order valence-corrected chi connectivity index (χ2v) is 4.35. The number of nitrogens with zero attached hydrogens (tertiary/aromatic N) is 1. The van der Waals surface area contributed by atoms with E-state index in [-0.39, 0.29) is 12.2 Å². The van der Waals surface area contributed by atoms with Gasteiger partial charge in [0.2, 0.25) is 0 Å². The van der Waals surface area contributed by atoms with Crippen molar-refractivity contribution in [2.24, 2.45) is 0 Å². The Balaban J connectivity index is 2.17. The third-order valence-corrected chi connectivity index (χ3v) is 2.95. The number of benzene rings is 2. The zero-order valence-electron chi connectivity index (χ0n) is 10.7. The highest BCUT2D eigenvalue weighted by Gasteiger charge is 2.10. The maximum atomic E-state index is 13.4. The molecule has 0 aliphatic carbocycles. The molecule has 20 heavy (non-hydrogen) atoms. The van der Waals surface area contributed by atoms with Crippen LogP contribution in [0.4, 0.5) is 18.9 Å². The summed E-state index contributed by atoms with van der Waals surface area (Å²) in [5.41, 5.74) is 2.13. The standard InChI is InChI=1S/C15H11F3N2/c1-9-4-10(7-19)2-3-11(9)8-20-15-6-13(17)12(16)5-14(15)18/h2-6,20H,8H2,1H3. The van der Waals surface area contributed by atoms with Gasteiger partial charge in [0.1, 0.15) is 5.82 Å². The highest BCUT2D eigenvalue weighted by atomic mass is 19.2. The Labute approximate surface area is 114 Å². The van der Waals surface area contributed by atoms with Crippen molar-refractivity contribution in [2.75, 3.05) is 5.32 Å². The second-order valence-electron chi connectivity index (χ2n) is 4.35. The predicted octanol–water partition coefficient (Wildman–Crippen LogP) is 3.90. The Bertz CT molecular complexity index is 690. The van der Waals surface area contributed by atoms with Gasteiger partial charge < -0.3 is 5.32 Å². The summed E-state index contributed by atoms with van der Waals surface area (Å²) in [6.45, 7) is 2.07. The van der Waals surface area contributed by atoms with Crippen LogP contribution in [0.5, 0.6) is 0 Å². The lowest BCUT2D eigenvalue weighted by atomic mass is 10.1. The fourth-order valence-electron chi connectivity index (χ4n) is 1.81. The van der Waals surface area contributed by atoms with Crippen LogP contribution in [0.25, 0.3) is 0 Å². The molecule has 1 N–H and O–H groups in total. The molecule has 0 atom stereocenters. The maximum absolute atomic E-state index is 13.4. The van der Waals surface area contributed by atoms with Crippen molar-refractivity contribution in [3.05, 3.63) is 64.5 Å². The molecule has 0 saturated heterocycles. The van der Waals surface area contributed by atoms with Gasteiger partial charge in [0.25, 0.3) is 0 Å². The van der Waals surface area contributed by atoms with E-state index in [9.17, 15) is 13.2 Å². The van der Waals surface area contributed by atoms with Crippen LogP contribution < -0.4 is 5.32 Å². The van der Waals surface area contributed by atoms with E-state index < -0.39 is 17.5 Å². The molecule has 0 radical (unpaired) electrons. The average Bonchev–Trinajstić information content (AvgIpc) is 2.42. The van der Waals surface area contributed by atoms with Crippen molar-refractivity contribution < 1.29 is 13.2 Å². The lowest BCUT2D eigenvalue weighted by Gasteiger charge is -2.10. The number of nitrogens with one attached hydrogen (secondary N) is 1. The van der Waals surface area contributed by atoms with E-state index in [4.69, 9.17) is 5.26 Å². The summed E-state index contributed by atoms with van der Waals surface area (Å²) >= 11 is 0. The zero-order valence-corrected chi connectivity index (χ0v) is 10.7. The Morgan fingerprint density at radius 1 is 1.05 bits per heavy atom. The molecule has 102 valence electrons. The molecule has 0 amide bonds. The molecule has 2 aromatic rings. The topological polar surface area (TPSA) is 35.8 Å². The number of halogens is 3. The highest BCUT2D eigenvalue weighted by molar-refractivity contribution is 5.47. The fraction of sp³-hybridized carbons (Fsp3) is 0.133. The van der Waals surface area contributed by atoms with E-state index in [1.165, 1.54) is 0 Å². The molecule has 0 unspecified atom stereocenters. The van der Waals surface area contributed by atoms with Gasteiger partial charge in [-0.3, -0.25) is 0 Å². The molecule has 2 nitrogen and oxygen atoms in total. The number of hydrogen-bond acceptors (Lipinski definition) is 2. The molecule has 0 saturated carbocycles. The molecule has 0 bridgehead atoms. The van der Waals surface area contributed by atoms with Crippen molar-refractivity contribution in [3.63, 3.8) is 0 Å². The number of anilines is 1. The minimum absolute atomic E-state index is 0.104. The Hall–Kier alpha value is -2.48. The molecule has 2 aromatic carbocycles. The quantitative estimate of drug-likeness (QED) is 0.863. The SMILES string of the molecule is Cc1cc(C#N)ccc1CNc1cc(F)c(F)cc1F.